The minimum Gasteiger partial charge on any atom is -0.497 e. The summed E-state index contributed by atoms with van der Waals surface area (Å²) >= 11 is 0. The van der Waals surface area contributed by atoms with Crippen molar-refractivity contribution < 1.29 is 28.2 Å². The maximum absolute atomic E-state index is 13.2. The highest BCUT2D eigenvalue weighted by Crippen LogP contribution is 2.27. The highest BCUT2D eigenvalue weighted by atomic mass is 19.1. The summed E-state index contributed by atoms with van der Waals surface area (Å²) in [6.07, 6.45) is 2.71. The Morgan fingerprint density at radius 3 is 2.63 bits per heavy atom. The van der Waals surface area contributed by atoms with Crippen LogP contribution in [0.5, 0.6) is 5.75 Å². The normalized spacial score (nSPS) is 13.1. The van der Waals surface area contributed by atoms with E-state index in [2.05, 4.69) is 5.32 Å². The Morgan fingerprint density at radius 1 is 1.20 bits per heavy atom. The first-order chi connectivity index (χ1) is 14.4. The molecule has 30 heavy (non-hydrogen) atoms. The molecule has 152 valence electrons. The number of carbonyl (C=O) groups is 3. The zero-order chi connectivity index (χ0) is 21.3. The van der Waals surface area contributed by atoms with Gasteiger partial charge in [0.25, 0.3) is 11.7 Å². The van der Waals surface area contributed by atoms with Crippen molar-refractivity contribution in [3.8, 4) is 5.75 Å². The monoisotopic (exact) mass is 408 g/mol. The summed E-state index contributed by atoms with van der Waals surface area (Å²) < 4.78 is 25.0. The number of esters is 1. The van der Waals surface area contributed by atoms with Crippen LogP contribution in [0.3, 0.4) is 0 Å². The number of aromatic nitrogens is 1. The number of hydrogen-bond donors (Lipinski definition) is 1. The van der Waals surface area contributed by atoms with Crippen LogP contribution in [0.2, 0.25) is 0 Å². The number of amides is 1. The van der Waals surface area contributed by atoms with E-state index in [0.717, 1.165) is 17.2 Å². The standard InChI is InChI=1S/C22H17FN2O5/c1-29-16-6-7-19-17(9-16)18(11-25(19)10-13-2-4-14(23)5-3-13)21(27)22(28)24-15-8-20(26)30-12-15/h2-9,11H,10,12H2,1H3,(H,24,28). The first kappa shape index (κ1) is 19.4. The van der Waals surface area contributed by atoms with Crippen molar-refractivity contribution in [2.75, 3.05) is 13.7 Å². The highest BCUT2D eigenvalue weighted by Gasteiger charge is 2.24. The number of ether oxygens (including phenoxy) is 2. The van der Waals surface area contributed by atoms with Gasteiger partial charge in [-0.05, 0) is 35.9 Å². The second-order valence-electron chi connectivity index (χ2n) is 6.74. The number of rotatable bonds is 6. The molecule has 1 aromatic heterocycles. The lowest BCUT2D eigenvalue weighted by atomic mass is 10.1. The number of hydrogen-bond acceptors (Lipinski definition) is 5. The van der Waals surface area contributed by atoms with E-state index in [1.165, 1.54) is 19.2 Å². The molecule has 0 spiro atoms. The summed E-state index contributed by atoms with van der Waals surface area (Å²) in [5.41, 5.74) is 1.97. The van der Waals surface area contributed by atoms with Crippen molar-refractivity contribution >= 4 is 28.6 Å². The van der Waals surface area contributed by atoms with Gasteiger partial charge in [-0.15, -0.1) is 0 Å². The van der Waals surface area contributed by atoms with Crippen molar-refractivity contribution in [2.45, 2.75) is 6.54 Å². The molecular formula is C22H17FN2O5. The number of cyclic esters (lactones) is 1. The number of halogens is 1. The number of ketones is 1. The minimum absolute atomic E-state index is 0.0853. The topological polar surface area (TPSA) is 86.6 Å². The maximum Gasteiger partial charge on any atom is 0.333 e. The molecule has 1 aliphatic rings. The molecule has 0 atom stereocenters. The van der Waals surface area contributed by atoms with Crippen LogP contribution in [0.4, 0.5) is 4.39 Å². The van der Waals surface area contributed by atoms with Crippen LogP contribution in [-0.4, -0.2) is 35.9 Å². The summed E-state index contributed by atoms with van der Waals surface area (Å²) in [6.45, 7) is 0.295. The molecule has 1 amide bonds. The lowest BCUT2D eigenvalue weighted by molar-refractivity contribution is -0.135. The molecule has 1 aliphatic heterocycles. The summed E-state index contributed by atoms with van der Waals surface area (Å²) in [4.78, 5) is 36.5. The zero-order valence-electron chi connectivity index (χ0n) is 16.0. The van der Waals surface area contributed by atoms with E-state index in [1.807, 2.05) is 4.57 Å². The molecule has 8 heteroatoms. The van der Waals surface area contributed by atoms with Crippen LogP contribution < -0.4 is 10.1 Å². The molecule has 0 bridgehead atoms. The molecule has 0 saturated carbocycles. The predicted molar refractivity (Wildman–Crippen MR) is 106 cm³/mol. The first-order valence-electron chi connectivity index (χ1n) is 9.09. The van der Waals surface area contributed by atoms with Crippen LogP contribution >= 0.6 is 0 Å². The summed E-state index contributed by atoms with van der Waals surface area (Å²) in [7, 11) is 1.51. The van der Waals surface area contributed by atoms with Gasteiger partial charge in [-0.1, -0.05) is 12.1 Å². The van der Waals surface area contributed by atoms with E-state index >= 15 is 0 Å². The van der Waals surface area contributed by atoms with Crippen LogP contribution in [0.25, 0.3) is 10.9 Å². The largest absolute Gasteiger partial charge is 0.497 e. The molecule has 7 nitrogen and oxygen atoms in total. The minimum atomic E-state index is -0.872. The SMILES string of the molecule is COc1ccc2c(c1)c(C(=O)C(=O)NC1=CC(=O)OC1)cn2Cc1ccc(F)cc1. The van der Waals surface area contributed by atoms with E-state index < -0.39 is 17.7 Å². The van der Waals surface area contributed by atoms with Gasteiger partial charge in [0.1, 0.15) is 18.2 Å². The number of carbonyl (C=O) groups excluding carboxylic acids is 3. The van der Waals surface area contributed by atoms with Gasteiger partial charge in [0.15, 0.2) is 0 Å². The van der Waals surface area contributed by atoms with Crippen molar-refractivity contribution in [2.24, 2.45) is 0 Å². The molecule has 0 fully saturated rings. The van der Waals surface area contributed by atoms with Crippen LogP contribution in [-0.2, 0) is 20.9 Å². The quantitative estimate of drug-likeness (QED) is 0.385. The molecule has 2 heterocycles. The first-order valence-corrected chi connectivity index (χ1v) is 9.09. The van der Waals surface area contributed by atoms with Crippen molar-refractivity contribution in [3.63, 3.8) is 0 Å². The van der Waals surface area contributed by atoms with Crippen LogP contribution in [0.1, 0.15) is 15.9 Å². The third-order valence-corrected chi connectivity index (χ3v) is 4.74. The number of benzene rings is 2. The van der Waals surface area contributed by atoms with Crippen molar-refractivity contribution in [1.29, 1.82) is 0 Å². The van der Waals surface area contributed by atoms with Crippen molar-refractivity contribution in [1.82, 2.24) is 9.88 Å². The number of nitrogens with one attached hydrogen (secondary N) is 1. The van der Waals surface area contributed by atoms with Gasteiger partial charge in [-0.25, -0.2) is 9.18 Å². The lowest BCUT2D eigenvalue weighted by Gasteiger charge is -2.06. The van der Waals surface area contributed by atoms with Gasteiger partial charge in [-0.3, -0.25) is 9.59 Å². The van der Waals surface area contributed by atoms with Crippen LogP contribution in [0.15, 0.2) is 60.4 Å². The molecule has 2 aromatic carbocycles. The van der Waals surface area contributed by atoms with Gasteiger partial charge in [0.2, 0.25) is 0 Å². The van der Waals surface area contributed by atoms with E-state index in [0.29, 0.717) is 17.7 Å². The average Bonchev–Trinajstić information content (AvgIpc) is 3.31. The number of nitrogens with zero attached hydrogens (tertiary/aromatic N) is 1. The maximum atomic E-state index is 13.2. The number of Topliss-reactive ketones (excluding diaryl/α,β-unsaturated/α-hetero) is 1. The van der Waals surface area contributed by atoms with Gasteiger partial charge >= 0.3 is 5.97 Å². The van der Waals surface area contributed by atoms with Crippen LogP contribution in [0, 0.1) is 5.82 Å². The molecule has 0 saturated heterocycles. The van der Waals surface area contributed by atoms with Gasteiger partial charge in [0, 0.05) is 29.7 Å². The molecule has 3 aromatic rings. The summed E-state index contributed by atoms with van der Waals surface area (Å²) in [5, 5.41) is 2.96. The number of methoxy groups -OCH3 is 1. The molecular weight excluding hydrogens is 391 g/mol. The second kappa shape index (κ2) is 7.82. The Balaban J connectivity index is 1.69. The van der Waals surface area contributed by atoms with E-state index in [1.54, 1.807) is 36.5 Å². The van der Waals surface area contributed by atoms with Crippen molar-refractivity contribution in [3.05, 3.63) is 77.4 Å². The fourth-order valence-electron chi connectivity index (χ4n) is 3.27. The Hall–Kier alpha value is -3.94. The molecule has 1 N–H and O–H groups in total. The summed E-state index contributed by atoms with van der Waals surface area (Å²) in [6, 6.07) is 11.3. The predicted octanol–water partition coefficient (Wildman–Crippen LogP) is 2.58. The molecule has 0 radical (unpaired) electrons. The smallest absolute Gasteiger partial charge is 0.333 e. The molecule has 4 rings (SSSR count). The van der Waals surface area contributed by atoms with E-state index in [-0.39, 0.29) is 23.7 Å². The fraction of sp³-hybridized carbons (Fsp3) is 0.136. The van der Waals surface area contributed by atoms with E-state index in [9.17, 15) is 18.8 Å². The Labute approximate surface area is 170 Å². The molecule has 0 aliphatic carbocycles. The average molecular weight is 408 g/mol. The zero-order valence-corrected chi connectivity index (χ0v) is 16.0. The molecule has 0 unspecified atom stereocenters. The third-order valence-electron chi connectivity index (χ3n) is 4.74. The Morgan fingerprint density at radius 2 is 1.97 bits per heavy atom. The Bertz CT molecular complexity index is 1190. The second-order valence-corrected chi connectivity index (χ2v) is 6.74. The van der Waals surface area contributed by atoms with Gasteiger partial charge < -0.3 is 19.4 Å². The van der Waals surface area contributed by atoms with E-state index in [4.69, 9.17) is 9.47 Å². The fourth-order valence-corrected chi connectivity index (χ4v) is 3.27. The summed E-state index contributed by atoms with van der Waals surface area (Å²) in [5.74, 6) is -2.00. The number of fused-ring (bicyclic) bond motifs is 1. The Kier molecular flexibility index (Phi) is 5.05. The highest BCUT2D eigenvalue weighted by molar-refractivity contribution is 6.45. The third kappa shape index (κ3) is 3.80. The lowest BCUT2D eigenvalue weighted by Crippen LogP contribution is -2.31. The van der Waals surface area contributed by atoms with Gasteiger partial charge in [0.05, 0.1) is 18.4 Å². The van der Waals surface area contributed by atoms with Gasteiger partial charge in [-0.2, -0.15) is 0 Å².